The summed E-state index contributed by atoms with van der Waals surface area (Å²) >= 11 is 0. The van der Waals surface area contributed by atoms with Crippen molar-refractivity contribution in [2.45, 2.75) is 132 Å². The van der Waals surface area contributed by atoms with Gasteiger partial charge in [0.2, 0.25) is 0 Å². The first kappa shape index (κ1) is 24.4. The smallest absolute Gasteiger partial charge is 0.130 e. The summed E-state index contributed by atoms with van der Waals surface area (Å²) in [5.74, 6) is 5.32. The molecule has 0 aromatic heterocycles. The van der Waals surface area contributed by atoms with E-state index in [2.05, 4.69) is 48.5 Å². The molecule has 5 rings (SSSR count). The van der Waals surface area contributed by atoms with Crippen molar-refractivity contribution in [3.05, 3.63) is 0 Å². The molecule has 0 aliphatic heterocycles. The van der Waals surface area contributed by atoms with Crippen LogP contribution < -0.4 is 0 Å². The molecule has 0 saturated heterocycles. The number of hydrogen-bond donors (Lipinski definition) is 0. The maximum Gasteiger partial charge on any atom is 0.130 e. The van der Waals surface area contributed by atoms with Gasteiger partial charge in [-0.2, -0.15) is 0 Å². The number of Topliss-reactive ketones (excluding diaryl/α,β-unsaturated/α-hetero) is 1. The Hall–Kier alpha value is -0.330. The van der Waals surface area contributed by atoms with Crippen molar-refractivity contribution in [2.24, 2.45) is 62.6 Å². The number of fused-ring (bicyclic) bond motifs is 7. The molecule has 0 aromatic rings. The number of hydrogen-bond acceptors (Lipinski definition) is 1. The largest absolute Gasteiger partial charge is 0.300 e. The van der Waals surface area contributed by atoms with Gasteiger partial charge in [-0.3, -0.25) is 0 Å². The van der Waals surface area contributed by atoms with Crippen LogP contribution in [0.5, 0.6) is 0 Å². The van der Waals surface area contributed by atoms with Crippen molar-refractivity contribution < 1.29 is 4.79 Å². The second kappa shape index (κ2) is 7.59. The third kappa shape index (κ3) is 3.18. The highest BCUT2D eigenvalue weighted by Gasteiger charge is 2.70. The van der Waals surface area contributed by atoms with Crippen LogP contribution >= 0.6 is 0 Å². The van der Waals surface area contributed by atoms with Crippen LogP contribution in [-0.4, -0.2) is 5.78 Å². The Balaban J connectivity index is 1.46. The Kier molecular flexibility index (Phi) is 5.60. The molecule has 1 heteroatoms. The Morgan fingerprint density at radius 1 is 0.727 bits per heavy atom. The molecule has 188 valence electrons. The molecule has 0 spiro atoms. The summed E-state index contributed by atoms with van der Waals surface area (Å²) in [6.45, 7) is 20.4. The van der Waals surface area contributed by atoms with E-state index < -0.39 is 0 Å². The molecule has 0 heterocycles. The van der Waals surface area contributed by atoms with E-state index in [4.69, 9.17) is 0 Å². The third-order valence-corrected chi connectivity index (χ3v) is 14.1. The van der Waals surface area contributed by atoms with Crippen LogP contribution in [0, 0.1) is 62.6 Å². The van der Waals surface area contributed by atoms with Gasteiger partial charge in [0.1, 0.15) is 5.78 Å². The molecule has 5 saturated carbocycles. The van der Waals surface area contributed by atoms with Gasteiger partial charge < -0.3 is 4.79 Å². The van der Waals surface area contributed by atoms with Crippen LogP contribution in [0.2, 0.25) is 0 Å². The zero-order chi connectivity index (χ0) is 24.0. The van der Waals surface area contributed by atoms with Gasteiger partial charge in [0, 0.05) is 6.42 Å². The lowest BCUT2D eigenvalue weighted by Crippen LogP contribution is -2.65. The summed E-state index contributed by atoms with van der Waals surface area (Å²) < 4.78 is 0. The minimum atomic E-state index is 0.394. The van der Waals surface area contributed by atoms with Gasteiger partial charge in [0.15, 0.2) is 0 Å². The fourth-order valence-corrected chi connectivity index (χ4v) is 12.6. The molecule has 0 N–H and O–H groups in total. The zero-order valence-electron chi connectivity index (χ0n) is 23.4. The van der Waals surface area contributed by atoms with E-state index in [-0.39, 0.29) is 0 Å². The molecule has 0 aromatic carbocycles. The van der Waals surface area contributed by atoms with E-state index in [0.717, 1.165) is 36.0 Å². The highest BCUT2D eigenvalue weighted by Crippen LogP contribution is 2.78. The van der Waals surface area contributed by atoms with Crippen LogP contribution in [0.3, 0.4) is 0 Å². The summed E-state index contributed by atoms with van der Waals surface area (Å²) in [6, 6.07) is 0. The van der Waals surface area contributed by atoms with Crippen molar-refractivity contribution in [1.29, 1.82) is 0 Å². The van der Waals surface area contributed by atoms with Crippen molar-refractivity contribution in [3.63, 3.8) is 0 Å². The van der Waals surface area contributed by atoms with E-state index in [1.54, 1.807) is 6.92 Å². The molecule has 0 bridgehead atoms. The van der Waals surface area contributed by atoms with E-state index in [0.29, 0.717) is 38.8 Å². The SMILES string of the molecule is CC(=O)CC(C)C1CCC2(C)C1CCC1(C)C2CCC2C3(C)CCCC(C)(C)C3CCC21C. The van der Waals surface area contributed by atoms with Gasteiger partial charge >= 0.3 is 0 Å². The zero-order valence-corrected chi connectivity index (χ0v) is 23.4. The van der Waals surface area contributed by atoms with Gasteiger partial charge in [-0.1, -0.05) is 54.9 Å². The molecule has 5 fully saturated rings. The second-order valence-corrected chi connectivity index (χ2v) is 15.7. The highest BCUT2D eigenvalue weighted by atomic mass is 16.1. The molecular weight excluding hydrogens is 400 g/mol. The number of carbonyl (C=O) groups excluding carboxylic acids is 1. The fourth-order valence-electron chi connectivity index (χ4n) is 12.6. The monoisotopic (exact) mass is 454 g/mol. The molecule has 5 aliphatic rings. The van der Waals surface area contributed by atoms with Crippen molar-refractivity contribution >= 4 is 5.78 Å². The molecule has 1 nitrogen and oxygen atoms in total. The lowest BCUT2D eigenvalue weighted by molar-refractivity contribution is -0.241. The lowest BCUT2D eigenvalue weighted by atomic mass is 9.32. The first-order valence-electron chi connectivity index (χ1n) is 14.8. The summed E-state index contributed by atoms with van der Waals surface area (Å²) in [7, 11) is 0. The highest BCUT2D eigenvalue weighted by molar-refractivity contribution is 5.75. The third-order valence-electron chi connectivity index (χ3n) is 14.1. The van der Waals surface area contributed by atoms with E-state index in [1.165, 1.54) is 70.6 Å². The average molecular weight is 455 g/mol. The minimum Gasteiger partial charge on any atom is -0.300 e. The molecule has 5 aliphatic carbocycles. The average Bonchev–Trinajstić information content (AvgIpc) is 3.04. The minimum absolute atomic E-state index is 0.394. The normalized spacial score (nSPS) is 53.9. The quantitative estimate of drug-likeness (QED) is 0.415. The molecule has 0 radical (unpaired) electrons. The molecule has 33 heavy (non-hydrogen) atoms. The predicted molar refractivity (Wildman–Crippen MR) is 139 cm³/mol. The van der Waals surface area contributed by atoms with Gasteiger partial charge in [-0.05, 0) is 134 Å². The Morgan fingerprint density at radius 2 is 1.33 bits per heavy atom. The maximum atomic E-state index is 11.9. The topological polar surface area (TPSA) is 17.1 Å². The van der Waals surface area contributed by atoms with E-state index in [9.17, 15) is 4.79 Å². The first-order valence-corrected chi connectivity index (χ1v) is 14.8. The van der Waals surface area contributed by atoms with Crippen molar-refractivity contribution in [1.82, 2.24) is 0 Å². The van der Waals surface area contributed by atoms with E-state index >= 15 is 0 Å². The van der Waals surface area contributed by atoms with Gasteiger partial charge in [-0.15, -0.1) is 0 Å². The molecular formula is C32H54O. The Morgan fingerprint density at radius 3 is 1.97 bits per heavy atom. The molecule has 10 unspecified atom stereocenters. The van der Waals surface area contributed by atoms with E-state index in [1.807, 2.05) is 0 Å². The maximum absolute atomic E-state index is 11.9. The number of carbonyl (C=O) groups is 1. The van der Waals surface area contributed by atoms with Crippen LogP contribution in [0.1, 0.15) is 132 Å². The summed E-state index contributed by atoms with van der Waals surface area (Å²) in [6.07, 6.45) is 16.7. The first-order chi connectivity index (χ1) is 15.3. The number of ketones is 1. The van der Waals surface area contributed by atoms with Crippen LogP contribution in [0.25, 0.3) is 0 Å². The lowest BCUT2D eigenvalue weighted by Gasteiger charge is -2.73. The van der Waals surface area contributed by atoms with Crippen LogP contribution in [-0.2, 0) is 4.79 Å². The van der Waals surface area contributed by atoms with Gasteiger partial charge in [-0.25, -0.2) is 0 Å². The standard InChI is InChI=1S/C32H54O/c1-21(20-22(2)33)23-12-17-29(5)24(23)13-18-31(7)26(29)10-11-27-30(6)16-9-15-28(3,4)25(30)14-19-32(27,31)8/h21,23-27H,9-20H2,1-8H3. The van der Waals surface area contributed by atoms with Gasteiger partial charge in [0.05, 0.1) is 0 Å². The summed E-state index contributed by atoms with van der Waals surface area (Å²) in [4.78, 5) is 11.9. The van der Waals surface area contributed by atoms with Crippen molar-refractivity contribution in [3.8, 4) is 0 Å². The van der Waals surface area contributed by atoms with Gasteiger partial charge in [0.25, 0.3) is 0 Å². The Bertz CT molecular complexity index is 796. The van der Waals surface area contributed by atoms with Crippen LogP contribution in [0.4, 0.5) is 0 Å². The fraction of sp³-hybridized carbons (Fsp3) is 0.969. The molecule has 0 amide bonds. The number of rotatable bonds is 3. The summed E-state index contributed by atoms with van der Waals surface area (Å²) in [5, 5.41) is 0. The van der Waals surface area contributed by atoms with Crippen molar-refractivity contribution in [2.75, 3.05) is 0 Å². The Labute approximate surface area is 205 Å². The predicted octanol–water partition coefficient (Wildman–Crippen LogP) is 9.09. The molecule has 10 atom stereocenters. The van der Waals surface area contributed by atoms with Crippen LogP contribution in [0.15, 0.2) is 0 Å². The second-order valence-electron chi connectivity index (χ2n) is 15.7. The summed E-state index contributed by atoms with van der Waals surface area (Å²) in [5.41, 5.74) is 2.58.